The number of nitrogens with one attached hydrogen (secondary N) is 1. The van der Waals surface area contributed by atoms with Gasteiger partial charge in [-0.3, -0.25) is 9.69 Å². The highest BCUT2D eigenvalue weighted by atomic mass is 32.1. The van der Waals surface area contributed by atoms with Crippen LogP contribution in [0.1, 0.15) is 35.2 Å². The SMILES string of the molecule is CCN(Cc1ccc(OC)c(F)c1)Cc1nc2sc3c(c2c(=O)[nH]1)CCC3. The standard InChI is InChI=1S/C20H22FN3O2S/c1-3-24(10-12-7-8-15(26-2)14(21)9-12)11-17-22-19(25)18-13-5-4-6-16(13)27-20(18)23-17/h7-9H,3-6,10-11H2,1-2H3,(H,22,23,25). The number of hydrogen-bond acceptors (Lipinski definition) is 5. The van der Waals surface area contributed by atoms with Gasteiger partial charge in [0.1, 0.15) is 10.7 Å². The second kappa shape index (κ2) is 7.40. The molecule has 7 heteroatoms. The van der Waals surface area contributed by atoms with Crippen LogP contribution in [0.4, 0.5) is 4.39 Å². The topological polar surface area (TPSA) is 58.2 Å². The van der Waals surface area contributed by atoms with Crippen molar-refractivity contribution >= 4 is 21.6 Å². The molecule has 0 saturated heterocycles. The molecule has 5 nitrogen and oxygen atoms in total. The molecule has 0 amide bonds. The van der Waals surface area contributed by atoms with Crippen LogP contribution < -0.4 is 10.3 Å². The van der Waals surface area contributed by atoms with E-state index in [2.05, 4.69) is 9.88 Å². The lowest BCUT2D eigenvalue weighted by molar-refractivity contribution is 0.264. The molecule has 27 heavy (non-hydrogen) atoms. The highest BCUT2D eigenvalue weighted by molar-refractivity contribution is 7.18. The summed E-state index contributed by atoms with van der Waals surface area (Å²) in [4.78, 5) is 24.5. The van der Waals surface area contributed by atoms with E-state index in [0.29, 0.717) is 18.9 Å². The highest BCUT2D eigenvalue weighted by Gasteiger charge is 2.21. The van der Waals surface area contributed by atoms with Gasteiger partial charge >= 0.3 is 0 Å². The fourth-order valence-electron chi connectivity index (χ4n) is 3.68. The number of methoxy groups -OCH3 is 1. The molecule has 0 atom stereocenters. The first-order chi connectivity index (χ1) is 13.1. The molecule has 1 N–H and O–H groups in total. The molecule has 1 aliphatic rings. The van der Waals surface area contributed by atoms with Crippen molar-refractivity contribution in [2.24, 2.45) is 0 Å². The third kappa shape index (κ3) is 3.49. The van der Waals surface area contributed by atoms with Gasteiger partial charge in [-0.05, 0) is 49.1 Å². The van der Waals surface area contributed by atoms with Crippen LogP contribution in [0.5, 0.6) is 5.75 Å². The lowest BCUT2D eigenvalue weighted by atomic mass is 10.2. The number of rotatable bonds is 6. The summed E-state index contributed by atoms with van der Waals surface area (Å²) >= 11 is 1.65. The molecule has 1 aromatic carbocycles. The Bertz CT molecular complexity index is 1040. The summed E-state index contributed by atoms with van der Waals surface area (Å²) in [7, 11) is 1.45. The van der Waals surface area contributed by atoms with Gasteiger partial charge in [0.15, 0.2) is 11.6 Å². The largest absolute Gasteiger partial charge is 0.494 e. The molecule has 0 radical (unpaired) electrons. The number of fused-ring (bicyclic) bond motifs is 3. The monoisotopic (exact) mass is 387 g/mol. The fourth-order valence-corrected chi connectivity index (χ4v) is 4.96. The van der Waals surface area contributed by atoms with Crippen molar-refractivity contribution in [3.8, 4) is 5.75 Å². The first kappa shape index (κ1) is 18.1. The number of benzene rings is 1. The first-order valence-electron chi connectivity index (χ1n) is 9.17. The fraction of sp³-hybridized carbons (Fsp3) is 0.400. The number of halogens is 1. The van der Waals surface area contributed by atoms with E-state index in [-0.39, 0.29) is 17.1 Å². The quantitative estimate of drug-likeness (QED) is 0.702. The van der Waals surface area contributed by atoms with Crippen LogP contribution in [0.3, 0.4) is 0 Å². The molecular formula is C20H22FN3O2S. The van der Waals surface area contributed by atoms with Crippen molar-refractivity contribution in [1.29, 1.82) is 0 Å². The van der Waals surface area contributed by atoms with Gasteiger partial charge in [0.2, 0.25) is 0 Å². The Morgan fingerprint density at radius 1 is 1.33 bits per heavy atom. The summed E-state index contributed by atoms with van der Waals surface area (Å²) in [5.41, 5.74) is 2.01. The van der Waals surface area contributed by atoms with E-state index in [0.717, 1.165) is 41.6 Å². The summed E-state index contributed by atoms with van der Waals surface area (Å²) in [6.45, 7) is 3.88. The molecule has 0 spiro atoms. The number of aromatic nitrogens is 2. The number of hydrogen-bond donors (Lipinski definition) is 1. The van der Waals surface area contributed by atoms with Crippen molar-refractivity contribution in [3.63, 3.8) is 0 Å². The van der Waals surface area contributed by atoms with E-state index in [1.54, 1.807) is 17.4 Å². The van der Waals surface area contributed by atoms with Crippen LogP contribution in [0.25, 0.3) is 10.2 Å². The van der Waals surface area contributed by atoms with Crippen molar-refractivity contribution < 1.29 is 9.13 Å². The Labute approximate surface area is 160 Å². The molecule has 0 aliphatic heterocycles. The first-order valence-corrected chi connectivity index (χ1v) is 9.99. The van der Waals surface area contributed by atoms with Crippen LogP contribution >= 0.6 is 11.3 Å². The lowest BCUT2D eigenvalue weighted by Crippen LogP contribution is -2.25. The molecule has 142 valence electrons. The van der Waals surface area contributed by atoms with E-state index in [1.807, 2.05) is 13.0 Å². The smallest absolute Gasteiger partial charge is 0.259 e. The average Bonchev–Trinajstić information content (AvgIpc) is 3.22. The van der Waals surface area contributed by atoms with Crippen LogP contribution in [0.15, 0.2) is 23.0 Å². The number of aromatic amines is 1. The van der Waals surface area contributed by atoms with Gasteiger partial charge < -0.3 is 9.72 Å². The molecule has 3 aromatic rings. The average molecular weight is 387 g/mol. The zero-order valence-electron chi connectivity index (χ0n) is 15.5. The zero-order chi connectivity index (χ0) is 19.0. The molecule has 2 heterocycles. The van der Waals surface area contributed by atoms with Crippen LogP contribution in [-0.4, -0.2) is 28.5 Å². The summed E-state index contributed by atoms with van der Waals surface area (Å²) in [5, 5.41) is 0.775. The Kier molecular flexibility index (Phi) is 4.97. The third-order valence-corrected chi connectivity index (χ3v) is 6.25. The molecule has 0 unspecified atom stereocenters. The molecule has 0 fully saturated rings. The van der Waals surface area contributed by atoms with Crippen LogP contribution in [0, 0.1) is 5.82 Å². The number of ether oxygens (including phenoxy) is 1. The Hall–Kier alpha value is -2.25. The summed E-state index contributed by atoms with van der Waals surface area (Å²) < 4.78 is 18.9. The lowest BCUT2D eigenvalue weighted by Gasteiger charge is -2.20. The summed E-state index contributed by atoms with van der Waals surface area (Å²) in [6.07, 6.45) is 3.15. The minimum Gasteiger partial charge on any atom is -0.494 e. The van der Waals surface area contributed by atoms with Crippen molar-refractivity contribution in [2.45, 2.75) is 39.3 Å². The minimum absolute atomic E-state index is 0.0408. The number of thiophene rings is 1. The van der Waals surface area contributed by atoms with Gasteiger partial charge in [0, 0.05) is 11.4 Å². The number of nitrogens with zero attached hydrogens (tertiary/aromatic N) is 2. The normalized spacial score (nSPS) is 13.5. The van der Waals surface area contributed by atoms with Gasteiger partial charge in [-0.15, -0.1) is 11.3 Å². The molecule has 0 bridgehead atoms. The maximum atomic E-state index is 13.9. The maximum Gasteiger partial charge on any atom is 0.259 e. The van der Waals surface area contributed by atoms with Crippen molar-refractivity contribution in [1.82, 2.24) is 14.9 Å². The van der Waals surface area contributed by atoms with E-state index < -0.39 is 0 Å². The second-order valence-corrected chi connectivity index (χ2v) is 7.91. The Balaban J connectivity index is 1.56. The molecule has 1 aliphatic carbocycles. The molecule has 4 rings (SSSR count). The number of H-pyrrole nitrogens is 1. The van der Waals surface area contributed by atoms with Gasteiger partial charge in [-0.2, -0.15) is 0 Å². The van der Waals surface area contributed by atoms with E-state index >= 15 is 0 Å². The predicted octanol–water partition coefficient (Wildman–Crippen LogP) is 3.64. The van der Waals surface area contributed by atoms with Crippen molar-refractivity contribution in [2.75, 3.05) is 13.7 Å². The summed E-state index contributed by atoms with van der Waals surface area (Å²) in [5.74, 6) is 0.527. The summed E-state index contributed by atoms with van der Waals surface area (Å²) in [6, 6.07) is 4.98. The van der Waals surface area contributed by atoms with E-state index in [4.69, 9.17) is 9.72 Å². The van der Waals surface area contributed by atoms with Gasteiger partial charge in [0.25, 0.3) is 5.56 Å². The second-order valence-electron chi connectivity index (χ2n) is 6.82. The van der Waals surface area contributed by atoms with Crippen LogP contribution in [-0.2, 0) is 25.9 Å². The molecule has 2 aromatic heterocycles. The maximum absolute atomic E-state index is 13.9. The van der Waals surface area contributed by atoms with Crippen LogP contribution in [0.2, 0.25) is 0 Å². The van der Waals surface area contributed by atoms with Gasteiger partial charge in [0.05, 0.1) is 19.0 Å². The van der Waals surface area contributed by atoms with E-state index in [9.17, 15) is 9.18 Å². The zero-order valence-corrected chi connectivity index (χ0v) is 16.3. The molecular weight excluding hydrogens is 365 g/mol. The molecule has 0 saturated carbocycles. The van der Waals surface area contributed by atoms with Gasteiger partial charge in [-0.25, -0.2) is 9.37 Å². The minimum atomic E-state index is -0.368. The Morgan fingerprint density at radius 2 is 2.19 bits per heavy atom. The van der Waals surface area contributed by atoms with E-state index in [1.165, 1.54) is 23.6 Å². The Morgan fingerprint density at radius 3 is 2.93 bits per heavy atom. The van der Waals surface area contributed by atoms with Gasteiger partial charge in [-0.1, -0.05) is 13.0 Å². The van der Waals surface area contributed by atoms with Crippen molar-refractivity contribution in [3.05, 3.63) is 56.2 Å². The third-order valence-electron chi connectivity index (χ3n) is 5.07. The predicted molar refractivity (Wildman–Crippen MR) is 105 cm³/mol. The highest BCUT2D eigenvalue weighted by Crippen LogP contribution is 2.34. The number of aryl methyl sites for hydroxylation is 2.